The number of nitrogens with one attached hydrogen (secondary N) is 1. The maximum absolute atomic E-state index is 12.4. The minimum atomic E-state index is -3.62. The highest BCUT2D eigenvalue weighted by atomic mass is 35.5. The van der Waals surface area contributed by atoms with E-state index in [1.54, 1.807) is 25.1 Å². The molecule has 1 aromatic rings. The van der Waals surface area contributed by atoms with Crippen LogP contribution in [0, 0.1) is 5.92 Å². The van der Waals surface area contributed by atoms with E-state index in [2.05, 4.69) is 5.32 Å². The zero-order valence-electron chi connectivity index (χ0n) is 13.5. The van der Waals surface area contributed by atoms with Gasteiger partial charge in [0.1, 0.15) is 6.04 Å². The second kappa shape index (κ2) is 7.33. The monoisotopic (exact) mass is 346 g/mol. The molecule has 0 fully saturated rings. The number of amides is 1. The molecule has 0 aliphatic carbocycles. The average Bonchev–Trinajstić information content (AvgIpc) is 2.36. The Kier molecular flexibility index (Phi) is 6.26. The number of anilines is 1. The lowest BCUT2D eigenvalue weighted by Crippen LogP contribution is -2.50. The molecule has 0 radical (unpaired) electrons. The first kappa shape index (κ1) is 18.8. The molecule has 5 nitrogen and oxygen atoms in total. The third-order valence-electron chi connectivity index (χ3n) is 3.52. The van der Waals surface area contributed by atoms with Crippen LogP contribution in [0.2, 0.25) is 5.02 Å². The summed E-state index contributed by atoms with van der Waals surface area (Å²) in [5.74, 6) is -0.0828. The van der Waals surface area contributed by atoms with Crippen LogP contribution in [0.25, 0.3) is 0 Å². The summed E-state index contributed by atoms with van der Waals surface area (Å²) in [6.07, 6.45) is 1.07. The Labute approximate surface area is 137 Å². The fraction of sp³-hybridized carbons (Fsp3) is 0.533. The first-order valence-corrected chi connectivity index (χ1v) is 9.32. The molecule has 0 aliphatic rings. The standard InChI is InChI=1S/C15H23ClN2O3S/c1-10(2)11(3)17-15(19)12(4)18(22(5,20)21)14-8-6-7-13(16)9-14/h6-12H,1-5H3,(H,17,19). The van der Waals surface area contributed by atoms with E-state index in [9.17, 15) is 13.2 Å². The second-order valence-corrected chi connectivity index (χ2v) is 8.05. The van der Waals surface area contributed by atoms with Crippen LogP contribution in [-0.4, -0.2) is 32.7 Å². The largest absolute Gasteiger partial charge is 0.352 e. The van der Waals surface area contributed by atoms with Gasteiger partial charge in [-0.1, -0.05) is 31.5 Å². The minimum absolute atomic E-state index is 0.0456. The Morgan fingerprint density at radius 2 is 1.82 bits per heavy atom. The zero-order valence-corrected chi connectivity index (χ0v) is 15.1. The highest BCUT2D eigenvalue weighted by molar-refractivity contribution is 7.92. The number of hydrogen-bond donors (Lipinski definition) is 1. The SMILES string of the molecule is CC(C)C(C)NC(=O)C(C)N(c1cccc(Cl)c1)S(C)(=O)=O. The van der Waals surface area contributed by atoms with Crippen LogP contribution in [0.3, 0.4) is 0 Å². The van der Waals surface area contributed by atoms with Gasteiger partial charge in [0.25, 0.3) is 0 Å². The molecule has 0 spiro atoms. The lowest BCUT2D eigenvalue weighted by molar-refractivity contribution is -0.122. The summed E-state index contributed by atoms with van der Waals surface area (Å²) in [6, 6.07) is 5.53. The number of carbonyl (C=O) groups excluding carboxylic acids is 1. The normalized spacial score (nSPS) is 14.5. The van der Waals surface area contributed by atoms with Crippen molar-refractivity contribution in [2.24, 2.45) is 5.92 Å². The van der Waals surface area contributed by atoms with E-state index in [-0.39, 0.29) is 17.9 Å². The van der Waals surface area contributed by atoms with E-state index < -0.39 is 16.1 Å². The Balaban J connectivity index is 3.11. The van der Waals surface area contributed by atoms with Crippen LogP contribution >= 0.6 is 11.6 Å². The summed E-state index contributed by atoms with van der Waals surface area (Å²) in [7, 11) is -3.62. The van der Waals surface area contributed by atoms with Crippen LogP contribution in [0.15, 0.2) is 24.3 Å². The predicted molar refractivity (Wildman–Crippen MR) is 90.7 cm³/mol. The van der Waals surface area contributed by atoms with Crippen molar-refractivity contribution < 1.29 is 13.2 Å². The van der Waals surface area contributed by atoms with Gasteiger partial charge in [-0.2, -0.15) is 0 Å². The molecular formula is C15H23ClN2O3S. The maximum Gasteiger partial charge on any atom is 0.243 e. The van der Waals surface area contributed by atoms with Gasteiger partial charge in [-0.15, -0.1) is 0 Å². The number of rotatable bonds is 6. The lowest BCUT2D eigenvalue weighted by Gasteiger charge is -2.30. The van der Waals surface area contributed by atoms with Crippen LogP contribution in [-0.2, 0) is 14.8 Å². The highest BCUT2D eigenvalue weighted by Gasteiger charge is 2.30. The highest BCUT2D eigenvalue weighted by Crippen LogP contribution is 2.24. The zero-order chi connectivity index (χ0) is 17.1. The van der Waals surface area contributed by atoms with Gasteiger partial charge < -0.3 is 5.32 Å². The van der Waals surface area contributed by atoms with Crippen LogP contribution < -0.4 is 9.62 Å². The molecule has 124 valence electrons. The van der Waals surface area contributed by atoms with Gasteiger partial charge >= 0.3 is 0 Å². The molecule has 0 aliphatic heterocycles. The molecular weight excluding hydrogens is 324 g/mol. The van der Waals surface area contributed by atoms with Gasteiger partial charge in [0, 0.05) is 11.1 Å². The third kappa shape index (κ3) is 4.88. The molecule has 0 saturated heterocycles. The smallest absolute Gasteiger partial charge is 0.243 e. The average molecular weight is 347 g/mol. The van der Waals surface area contributed by atoms with Crippen molar-refractivity contribution >= 4 is 33.2 Å². The van der Waals surface area contributed by atoms with Gasteiger partial charge in [0.2, 0.25) is 15.9 Å². The molecule has 0 bridgehead atoms. The van der Waals surface area contributed by atoms with Crippen molar-refractivity contribution in [2.75, 3.05) is 10.6 Å². The van der Waals surface area contributed by atoms with Gasteiger partial charge in [0.15, 0.2) is 0 Å². The number of nitrogens with zero attached hydrogens (tertiary/aromatic N) is 1. The summed E-state index contributed by atoms with van der Waals surface area (Å²) >= 11 is 5.93. The fourth-order valence-corrected chi connectivity index (χ4v) is 3.28. The van der Waals surface area contributed by atoms with Crippen LogP contribution in [0.1, 0.15) is 27.7 Å². The van der Waals surface area contributed by atoms with E-state index >= 15 is 0 Å². The van der Waals surface area contributed by atoms with Crippen LogP contribution in [0.5, 0.6) is 0 Å². The maximum atomic E-state index is 12.4. The van der Waals surface area contributed by atoms with E-state index in [1.807, 2.05) is 20.8 Å². The number of carbonyl (C=O) groups is 1. The van der Waals surface area contributed by atoms with E-state index in [0.29, 0.717) is 10.7 Å². The lowest BCUT2D eigenvalue weighted by atomic mass is 10.1. The molecule has 7 heteroatoms. The van der Waals surface area contributed by atoms with Crippen molar-refractivity contribution in [2.45, 2.75) is 39.8 Å². The Morgan fingerprint density at radius 3 is 2.27 bits per heavy atom. The summed E-state index contributed by atoms with van der Waals surface area (Å²) in [5.41, 5.74) is 0.370. The van der Waals surface area contributed by atoms with Gasteiger partial charge in [0.05, 0.1) is 11.9 Å². The summed E-state index contributed by atoms with van der Waals surface area (Å²) in [6.45, 7) is 7.42. The number of halogens is 1. The number of benzene rings is 1. The summed E-state index contributed by atoms with van der Waals surface area (Å²) in [4.78, 5) is 12.4. The predicted octanol–water partition coefficient (Wildman–Crippen LogP) is 2.66. The van der Waals surface area contributed by atoms with E-state index in [4.69, 9.17) is 11.6 Å². The quantitative estimate of drug-likeness (QED) is 0.861. The summed E-state index contributed by atoms with van der Waals surface area (Å²) in [5, 5.41) is 3.25. The van der Waals surface area contributed by atoms with Crippen molar-refractivity contribution in [1.29, 1.82) is 0 Å². The van der Waals surface area contributed by atoms with E-state index in [0.717, 1.165) is 10.6 Å². The topological polar surface area (TPSA) is 66.5 Å². The third-order valence-corrected chi connectivity index (χ3v) is 5.00. The van der Waals surface area contributed by atoms with Gasteiger partial charge in [-0.25, -0.2) is 8.42 Å². The molecule has 1 aromatic carbocycles. The Bertz CT molecular complexity index is 631. The first-order chi connectivity index (χ1) is 10.0. The van der Waals surface area contributed by atoms with Crippen molar-refractivity contribution in [1.82, 2.24) is 5.32 Å². The molecule has 0 heterocycles. The Hall–Kier alpha value is -1.27. The molecule has 2 atom stereocenters. The number of sulfonamides is 1. The molecule has 1 rings (SSSR count). The molecule has 0 saturated carbocycles. The fourth-order valence-electron chi connectivity index (χ4n) is 1.93. The minimum Gasteiger partial charge on any atom is -0.352 e. The van der Waals surface area contributed by atoms with Crippen molar-refractivity contribution in [3.63, 3.8) is 0 Å². The number of hydrogen-bond acceptors (Lipinski definition) is 3. The molecule has 22 heavy (non-hydrogen) atoms. The first-order valence-electron chi connectivity index (χ1n) is 7.09. The molecule has 0 aromatic heterocycles. The molecule has 2 unspecified atom stereocenters. The van der Waals surface area contributed by atoms with Crippen molar-refractivity contribution in [3.8, 4) is 0 Å². The summed E-state index contributed by atoms with van der Waals surface area (Å²) < 4.78 is 25.3. The van der Waals surface area contributed by atoms with Crippen LogP contribution in [0.4, 0.5) is 5.69 Å². The van der Waals surface area contributed by atoms with Crippen molar-refractivity contribution in [3.05, 3.63) is 29.3 Å². The second-order valence-electron chi connectivity index (χ2n) is 5.76. The molecule has 1 N–H and O–H groups in total. The van der Waals surface area contributed by atoms with E-state index in [1.165, 1.54) is 6.07 Å². The Morgan fingerprint density at radius 1 is 1.23 bits per heavy atom. The van der Waals surface area contributed by atoms with Gasteiger partial charge in [-0.3, -0.25) is 9.10 Å². The van der Waals surface area contributed by atoms with Gasteiger partial charge in [-0.05, 0) is 38.0 Å². The molecule has 1 amide bonds.